The van der Waals surface area contributed by atoms with Gasteiger partial charge in [0.05, 0.1) is 17.2 Å². The first-order valence-corrected chi connectivity index (χ1v) is 12.0. The molecule has 1 unspecified atom stereocenters. The van der Waals surface area contributed by atoms with Crippen molar-refractivity contribution in [3.63, 3.8) is 0 Å². The molecule has 10 nitrogen and oxygen atoms in total. The predicted octanol–water partition coefficient (Wildman–Crippen LogP) is 1.30. The number of carbonyl (C=O) groups is 3. The fraction of sp³-hybridized carbons (Fsp3) is 0.321. The van der Waals surface area contributed by atoms with Gasteiger partial charge in [-0.1, -0.05) is 36.4 Å². The molecule has 0 aromatic heterocycles. The zero-order valence-electron chi connectivity index (χ0n) is 21.0. The molecule has 5 rings (SSSR count). The number of rotatable bonds is 3. The summed E-state index contributed by atoms with van der Waals surface area (Å²) < 4.78 is 0. The number of amides is 1. The van der Waals surface area contributed by atoms with Crippen molar-refractivity contribution >= 4 is 23.2 Å². The Morgan fingerprint density at radius 3 is 2.24 bits per heavy atom. The van der Waals surface area contributed by atoms with Crippen molar-refractivity contribution in [2.75, 3.05) is 14.1 Å². The smallest absolute Gasteiger partial charge is 0.255 e. The largest absolute Gasteiger partial charge is 0.508 e. The number of hydrogen-bond acceptors (Lipinski definition) is 9. The van der Waals surface area contributed by atoms with E-state index in [1.165, 1.54) is 32.0 Å². The number of Topliss-reactive ketones (excluding diaryl/α,β-unsaturated/α-hetero) is 2. The third-order valence-electron chi connectivity index (χ3n) is 8.21. The van der Waals surface area contributed by atoms with Gasteiger partial charge < -0.3 is 31.3 Å². The Kier molecular flexibility index (Phi) is 5.57. The lowest BCUT2D eigenvalue weighted by atomic mass is 9.54. The fourth-order valence-corrected chi connectivity index (χ4v) is 6.49. The first-order valence-electron chi connectivity index (χ1n) is 12.0. The number of aliphatic hydroxyl groups is 4. The van der Waals surface area contributed by atoms with Crippen LogP contribution in [-0.4, -0.2) is 73.6 Å². The molecule has 0 heterocycles. The second kappa shape index (κ2) is 8.26. The monoisotopic (exact) mass is 520 g/mol. The molecule has 1 saturated carbocycles. The lowest BCUT2D eigenvalue weighted by molar-refractivity contribution is -0.159. The number of ketones is 2. The third-order valence-corrected chi connectivity index (χ3v) is 8.21. The molecular formula is C28H28N2O8. The van der Waals surface area contributed by atoms with Crippen molar-refractivity contribution in [1.82, 2.24) is 4.90 Å². The zero-order chi connectivity index (χ0) is 27.9. The normalized spacial score (nSPS) is 30.7. The first-order chi connectivity index (χ1) is 17.8. The maximum absolute atomic E-state index is 14.0. The van der Waals surface area contributed by atoms with Crippen molar-refractivity contribution in [3.05, 3.63) is 70.5 Å². The number of hydrogen-bond donors (Lipinski definition) is 6. The number of aliphatic hydroxyl groups excluding tert-OH is 2. The minimum Gasteiger partial charge on any atom is -0.508 e. The standard InChI is InChI=1S/C28H28N2O8/c1-27(37)14-11-15-21(30(2)3)23(33)19(26(29)36)25(35)28(15,38)24(34)17(14)22(32)18-16(31)10-9-13(20(18)27)12-7-5-4-6-8-12/h4-10,14-15,21,31-32,35,37-38H,11H2,1-3H3,(H2,29,36)/t14-,15-,21-,27?,28-/m0/s1. The van der Waals surface area contributed by atoms with Crippen LogP contribution in [0.1, 0.15) is 24.5 Å². The molecule has 5 atom stereocenters. The molecular weight excluding hydrogens is 492 g/mol. The van der Waals surface area contributed by atoms with Gasteiger partial charge in [-0.05, 0) is 44.6 Å². The summed E-state index contributed by atoms with van der Waals surface area (Å²) in [7, 11) is 3.02. The van der Waals surface area contributed by atoms with Gasteiger partial charge in [0, 0.05) is 23.0 Å². The molecule has 0 saturated heterocycles. The number of carbonyl (C=O) groups excluding carboxylic acids is 3. The van der Waals surface area contributed by atoms with Crippen LogP contribution in [0.5, 0.6) is 5.75 Å². The molecule has 1 fully saturated rings. The third kappa shape index (κ3) is 3.14. The second-order valence-electron chi connectivity index (χ2n) is 10.5. The molecule has 1 amide bonds. The van der Waals surface area contributed by atoms with Gasteiger partial charge >= 0.3 is 0 Å². The van der Waals surface area contributed by atoms with Crippen LogP contribution in [0, 0.1) is 11.8 Å². The van der Waals surface area contributed by atoms with Crippen molar-refractivity contribution in [2.45, 2.75) is 30.6 Å². The molecule has 7 N–H and O–H groups in total. The zero-order valence-corrected chi connectivity index (χ0v) is 21.0. The first kappa shape index (κ1) is 25.7. The summed E-state index contributed by atoms with van der Waals surface area (Å²) in [6, 6.07) is 10.6. The number of aromatic hydroxyl groups is 1. The van der Waals surface area contributed by atoms with E-state index in [1.54, 1.807) is 30.3 Å². The Bertz CT molecular complexity index is 1470. The Hall–Kier alpha value is -3.99. The van der Waals surface area contributed by atoms with E-state index in [0.717, 1.165) is 0 Å². The Labute approximate surface area is 217 Å². The van der Waals surface area contributed by atoms with E-state index >= 15 is 0 Å². The lowest BCUT2D eigenvalue weighted by Crippen LogP contribution is -2.67. The minimum atomic E-state index is -2.78. The van der Waals surface area contributed by atoms with E-state index in [1.807, 2.05) is 6.07 Å². The van der Waals surface area contributed by atoms with E-state index in [2.05, 4.69) is 0 Å². The second-order valence-corrected chi connectivity index (χ2v) is 10.5. The predicted molar refractivity (Wildman–Crippen MR) is 136 cm³/mol. The highest BCUT2D eigenvalue weighted by Gasteiger charge is 2.66. The highest BCUT2D eigenvalue weighted by Crippen LogP contribution is 2.58. The van der Waals surface area contributed by atoms with Crippen LogP contribution in [0.3, 0.4) is 0 Å². The number of phenolic OH excluding ortho intramolecular Hbond substituents is 1. The number of nitrogens with two attached hydrogens (primary N) is 1. The van der Waals surface area contributed by atoms with Crippen LogP contribution in [-0.2, 0) is 20.0 Å². The van der Waals surface area contributed by atoms with Crippen LogP contribution < -0.4 is 5.73 Å². The van der Waals surface area contributed by atoms with Crippen molar-refractivity contribution < 1.29 is 39.9 Å². The van der Waals surface area contributed by atoms with Gasteiger partial charge in [0.15, 0.2) is 11.4 Å². The maximum Gasteiger partial charge on any atom is 0.255 e. The van der Waals surface area contributed by atoms with Crippen molar-refractivity contribution in [2.24, 2.45) is 17.6 Å². The van der Waals surface area contributed by atoms with E-state index < -0.39 is 75.0 Å². The average molecular weight is 521 g/mol. The van der Waals surface area contributed by atoms with Gasteiger partial charge in [0.25, 0.3) is 5.91 Å². The molecule has 198 valence electrons. The number of benzene rings is 2. The number of nitrogens with zero attached hydrogens (tertiary/aromatic N) is 1. The highest BCUT2D eigenvalue weighted by molar-refractivity contribution is 6.24. The van der Waals surface area contributed by atoms with E-state index in [-0.39, 0.29) is 17.5 Å². The van der Waals surface area contributed by atoms with Gasteiger partial charge in [-0.3, -0.25) is 19.3 Å². The fourth-order valence-electron chi connectivity index (χ4n) is 6.49. The van der Waals surface area contributed by atoms with Crippen LogP contribution in [0.25, 0.3) is 16.9 Å². The summed E-state index contributed by atoms with van der Waals surface area (Å²) in [6.07, 6.45) is -0.233. The molecule has 38 heavy (non-hydrogen) atoms. The SMILES string of the molecule is CN(C)[C@@H]1C(=O)C(C(N)=O)=C(O)[C@@]2(O)C(=O)C3=C(O)c4c(O)ccc(-c5ccccc5)c4C(C)(O)[C@H]3C[C@@H]12. The van der Waals surface area contributed by atoms with Gasteiger partial charge in [0.1, 0.15) is 22.8 Å². The van der Waals surface area contributed by atoms with E-state index in [0.29, 0.717) is 11.1 Å². The molecule has 0 radical (unpaired) electrons. The molecule has 0 bridgehead atoms. The van der Waals surface area contributed by atoms with E-state index in [9.17, 15) is 39.9 Å². The molecule has 3 aliphatic carbocycles. The van der Waals surface area contributed by atoms with Crippen LogP contribution >= 0.6 is 0 Å². The van der Waals surface area contributed by atoms with Crippen LogP contribution in [0.2, 0.25) is 0 Å². The van der Waals surface area contributed by atoms with Crippen molar-refractivity contribution in [3.8, 4) is 16.9 Å². The maximum atomic E-state index is 14.0. The highest BCUT2D eigenvalue weighted by atomic mass is 16.3. The number of phenols is 1. The lowest BCUT2D eigenvalue weighted by Gasteiger charge is -2.53. The number of primary amides is 1. The summed E-state index contributed by atoms with van der Waals surface area (Å²) in [5.41, 5.74) is 0.536. The molecule has 3 aliphatic rings. The van der Waals surface area contributed by atoms with Gasteiger partial charge in [-0.2, -0.15) is 0 Å². The van der Waals surface area contributed by atoms with E-state index in [4.69, 9.17) is 5.73 Å². The van der Waals surface area contributed by atoms with Gasteiger partial charge in [0.2, 0.25) is 5.78 Å². The Morgan fingerprint density at radius 1 is 1.03 bits per heavy atom. The molecule has 2 aromatic rings. The van der Waals surface area contributed by atoms with Crippen LogP contribution in [0.4, 0.5) is 0 Å². The molecule has 0 aliphatic heterocycles. The minimum absolute atomic E-state index is 0.175. The summed E-state index contributed by atoms with van der Waals surface area (Å²) in [6.45, 7) is 1.44. The van der Waals surface area contributed by atoms with Gasteiger partial charge in [-0.15, -0.1) is 0 Å². The average Bonchev–Trinajstić information content (AvgIpc) is 2.84. The summed E-state index contributed by atoms with van der Waals surface area (Å²) in [4.78, 5) is 40.8. The Morgan fingerprint density at radius 2 is 1.66 bits per heavy atom. The van der Waals surface area contributed by atoms with Crippen molar-refractivity contribution in [1.29, 1.82) is 0 Å². The number of fused-ring (bicyclic) bond motifs is 3. The molecule has 2 aromatic carbocycles. The molecule has 10 heteroatoms. The quantitative estimate of drug-likeness (QED) is 0.325. The summed E-state index contributed by atoms with van der Waals surface area (Å²) >= 11 is 0. The van der Waals surface area contributed by atoms with Gasteiger partial charge in [-0.25, -0.2) is 0 Å². The Balaban J connectivity index is 1.83. The molecule has 0 spiro atoms. The summed E-state index contributed by atoms with van der Waals surface area (Å²) in [5, 5.41) is 56.9. The van der Waals surface area contributed by atoms with Crippen LogP contribution in [0.15, 0.2) is 59.4 Å². The summed E-state index contributed by atoms with van der Waals surface area (Å²) in [5.74, 6) is -8.08. The number of likely N-dealkylation sites (N-methyl/N-ethyl adjacent to an activating group) is 1. The topological polar surface area (TPSA) is 182 Å².